The van der Waals surface area contributed by atoms with Crippen LogP contribution in [0, 0.1) is 6.92 Å². The SMILES string of the molecule is CCCN1C(=O)/C(=C\c2sccc2C)C(C(=O)OC)=C1C. The molecule has 0 atom stereocenters. The molecule has 0 spiro atoms. The number of hydrogen-bond donors (Lipinski definition) is 0. The van der Waals surface area contributed by atoms with Crippen molar-refractivity contribution in [1.29, 1.82) is 0 Å². The van der Waals surface area contributed by atoms with Crippen LogP contribution in [0.15, 0.2) is 28.3 Å². The molecule has 112 valence electrons. The Balaban J connectivity index is 2.53. The molecule has 2 heterocycles. The van der Waals surface area contributed by atoms with E-state index >= 15 is 0 Å². The fourth-order valence-electron chi connectivity index (χ4n) is 2.38. The molecule has 1 aromatic heterocycles. The summed E-state index contributed by atoms with van der Waals surface area (Å²) in [6.45, 7) is 6.39. The zero-order valence-electron chi connectivity index (χ0n) is 12.7. The predicted molar refractivity (Wildman–Crippen MR) is 83.8 cm³/mol. The Kier molecular flexibility index (Phi) is 4.63. The van der Waals surface area contributed by atoms with E-state index in [1.54, 1.807) is 29.2 Å². The van der Waals surface area contributed by atoms with Crippen molar-refractivity contribution in [2.75, 3.05) is 13.7 Å². The van der Waals surface area contributed by atoms with E-state index < -0.39 is 5.97 Å². The molecule has 1 aromatic rings. The normalized spacial score (nSPS) is 17.0. The highest BCUT2D eigenvalue weighted by molar-refractivity contribution is 7.11. The zero-order chi connectivity index (χ0) is 15.6. The minimum Gasteiger partial charge on any atom is -0.465 e. The van der Waals surface area contributed by atoms with Gasteiger partial charge in [0.05, 0.1) is 18.3 Å². The van der Waals surface area contributed by atoms with Gasteiger partial charge in [-0.3, -0.25) is 4.79 Å². The first-order valence-electron chi connectivity index (χ1n) is 6.88. The van der Waals surface area contributed by atoms with Crippen molar-refractivity contribution in [2.45, 2.75) is 27.2 Å². The second-order valence-corrected chi connectivity index (χ2v) is 5.88. The molecule has 1 aliphatic heterocycles. The number of thiophene rings is 1. The van der Waals surface area contributed by atoms with Gasteiger partial charge in [0.2, 0.25) is 0 Å². The minimum atomic E-state index is -0.458. The van der Waals surface area contributed by atoms with E-state index in [0.717, 1.165) is 16.9 Å². The zero-order valence-corrected chi connectivity index (χ0v) is 13.5. The minimum absolute atomic E-state index is 0.123. The van der Waals surface area contributed by atoms with E-state index in [9.17, 15) is 9.59 Å². The highest BCUT2D eigenvalue weighted by Crippen LogP contribution is 2.33. The Hall–Kier alpha value is -1.88. The van der Waals surface area contributed by atoms with Crippen LogP contribution in [0.5, 0.6) is 0 Å². The van der Waals surface area contributed by atoms with E-state index in [1.807, 2.05) is 25.3 Å². The molecule has 0 fully saturated rings. The summed E-state index contributed by atoms with van der Waals surface area (Å²) in [5.74, 6) is -0.581. The van der Waals surface area contributed by atoms with Crippen LogP contribution in [0.1, 0.15) is 30.7 Å². The van der Waals surface area contributed by atoms with Crippen LogP contribution in [0.2, 0.25) is 0 Å². The van der Waals surface area contributed by atoms with E-state index in [-0.39, 0.29) is 5.91 Å². The summed E-state index contributed by atoms with van der Waals surface area (Å²) in [5.41, 5.74) is 2.58. The van der Waals surface area contributed by atoms with Crippen LogP contribution < -0.4 is 0 Å². The van der Waals surface area contributed by atoms with Crippen molar-refractivity contribution in [1.82, 2.24) is 4.90 Å². The topological polar surface area (TPSA) is 46.6 Å². The molecule has 0 saturated heterocycles. The van der Waals surface area contributed by atoms with Gasteiger partial charge >= 0.3 is 5.97 Å². The third-order valence-electron chi connectivity index (χ3n) is 3.53. The Morgan fingerprint density at radius 1 is 1.43 bits per heavy atom. The molecule has 0 N–H and O–H groups in total. The number of allylic oxidation sites excluding steroid dienone is 1. The average Bonchev–Trinajstić information content (AvgIpc) is 2.96. The fraction of sp³-hybridized carbons (Fsp3) is 0.375. The summed E-state index contributed by atoms with van der Waals surface area (Å²) in [5, 5.41) is 1.97. The molecule has 0 aliphatic carbocycles. The Morgan fingerprint density at radius 2 is 2.14 bits per heavy atom. The number of amides is 1. The number of carbonyl (C=O) groups excluding carboxylic acids is 2. The van der Waals surface area contributed by atoms with Crippen molar-refractivity contribution in [3.05, 3.63) is 38.7 Å². The number of aryl methyl sites for hydroxylation is 1. The first-order chi connectivity index (χ1) is 10.0. The van der Waals surface area contributed by atoms with Crippen molar-refractivity contribution in [3.63, 3.8) is 0 Å². The van der Waals surface area contributed by atoms with Gasteiger partial charge in [-0.25, -0.2) is 4.79 Å². The van der Waals surface area contributed by atoms with Crippen LogP contribution in [0.25, 0.3) is 6.08 Å². The van der Waals surface area contributed by atoms with Crippen molar-refractivity contribution < 1.29 is 14.3 Å². The average molecular weight is 305 g/mol. The second kappa shape index (κ2) is 6.26. The molecule has 5 heteroatoms. The third kappa shape index (κ3) is 2.78. The molecule has 0 aromatic carbocycles. The summed E-state index contributed by atoms with van der Waals surface area (Å²) in [7, 11) is 1.34. The van der Waals surface area contributed by atoms with E-state index in [0.29, 0.717) is 23.4 Å². The van der Waals surface area contributed by atoms with E-state index in [2.05, 4.69) is 0 Å². The Bertz CT molecular complexity index is 640. The third-order valence-corrected chi connectivity index (χ3v) is 4.49. The second-order valence-electron chi connectivity index (χ2n) is 4.93. The number of rotatable bonds is 4. The fourth-order valence-corrected chi connectivity index (χ4v) is 3.24. The lowest BCUT2D eigenvalue weighted by atomic mass is 10.1. The summed E-state index contributed by atoms with van der Waals surface area (Å²) in [4.78, 5) is 27.3. The number of hydrogen-bond acceptors (Lipinski definition) is 4. The van der Waals surface area contributed by atoms with Gasteiger partial charge in [-0.1, -0.05) is 6.92 Å². The Morgan fingerprint density at radius 3 is 2.67 bits per heavy atom. The number of ether oxygens (including phenoxy) is 1. The largest absolute Gasteiger partial charge is 0.465 e. The number of methoxy groups -OCH3 is 1. The quantitative estimate of drug-likeness (QED) is 0.634. The first kappa shape index (κ1) is 15.5. The van der Waals surface area contributed by atoms with E-state index in [1.165, 1.54) is 7.11 Å². The number of esters is 1. The summed E-state index contributed by atoms with van der Waals surface area (Å²) in [6.07, 6.45) is 2.64. The van der Waals surface area contributed by atoms with Crippen LogP contribution in [-0.4, -0.2) is 30.4 Å². The predicted octanol–water partition coefficient (Wildman–Crippen LogP) is 3.14. The van der Waals surface area contributed by atoms with Crippen molar-refractivity contribution in [3.8, 4) is 0 Å². The lowest BCUT2D eigenvalue weighted by Gasteiger charge is -2.16. The van der Waals surface area contributed by atoms with Crippen LogP contribution >= 0.6 is 11.3 Å². The maximum atomic E-state index is 12.6. The lowest BCUT2D eigenvalue weighted by molar-refractivity contribution is -0.136. The van der Waals surface area contributed by atoms with Crippen LogP contribution in [0.3, 0.4) is 0 Å². The van der Waals surface area contributed by atoms with Crippen LogP contribution in [0.4, 0.5) is 0 Å². The first-order valence-corrected chi connectivity index (χ1v) is 7.76. The van der Waals surface area contributed by atoms with Gasteiger partial charge in [-0.2, -0.15) is 0 Å². The molecule has 1 amide bonds. The van der Waals surface area contributed by atoms with Gasteiger partial charge in [-0.05, 0) is 43.4 Å². The molecule has 2 rings (SSSR count). The van der Waals surface area contributed by atoms with Crippen LogP contribution in [-0.2, 0) is 14.3 Å². The number of nitrogens with zero attached hydrogens (tertiary/aromatic N) is 1. The van der Waals surface area contributed by atoms with Gasteiger partial charge < -0.3 is 9.64 Å². The monoisotopic (exact) mass is 305 g/mol. The maximum Gasteiger partial charge on any atom is 0.340 e. The Labute approximate surface area is 128 Å². The van der Waals surface area contributed by atoms with Gasteiger partial charge in [0.25, 0.3) is 5.91 Å². The molecule has 4 nitrogen and oxygen atoms in total. The smallest absolute Gasteiger partial charge is 0.340 e. The molecule has 0 bridgehead atoms. The molecule has 0 radical (unpaired) electrons. The molecular formula is C16H19NO3S. The summed E-state index contributed by atoms with van der Waals surface area (Å²) in [6, 6.07) is 1.99. The van der Waals surface area contributed by atoms with Gasteiger partial charge in [-0.15, -0.1) is 11.3 Å². The molecular weight excluding hydrogens is 286 g/mol. The summed E-state index contributed by atoms with van der Waals surface area (Å²) < 4.78 is 4.85. The van der Waals surface area contributed by atoms with E-state index in [4.69, 9.17) is 4.74 Å². The maximum absolute atomic E-state index is 12.6. The molecule has 0 saturated carbocycles. The highest BCUT2D eigenvalue weighted by Gasteiger charge is 2.36. The van der Waals surface area contributed by atoms with Gasteiger partial charge in [0, 0.05) is 17.1 Å². The highest BCUT2D eigenvalue weighted by atomic mass is 32.1. The summed E-state index contributed by atoms with van der Waals surface area (Å²) >= 11 is 1.55. The molecule has 0 unspecified atom stereocenters. The number of carbonyl (C=O) groups is 2. The van der Waals surface area contributed by atoms with Crippen molar-refractivity contribution in [2.24, 2.45) is 0 Å². The lowest BCUT2D eigenvalue weighted by Crippen LogP contribution is -2.25. The van der Waals surface area contributed by atoms with Gasteiger partial charge in [0.15, 0.2) is 0 Å². The molecule has 21 heavy (non-hydrogen) atoms. The molecule has 1 aliphatic rings. The van der Waals surface area contributed by atoms with Crippen molar-refractivity contribution >= 4 is 29.3 Å². The van der Waals surface area contributed by atoms with Gasteiger partial charge in [0.1, 0.15) is 0 Å². The standard InChI is InChI=1S/C16H19NO3S/c1-5-7-17-11(3)14(16(19)20-4)12(15(17)18)9-13-10(2)6-8-21-13/h6,8-9H,5,7H2,1-4H3/b12-9-.